The molecule has 3 rings (SSSR count). The van der Waals surface area contributed by atoms with Crippen molar-refractivity contribution >= 4 is 16.3 Å². The van der Waals surface area contributed by atoms with Crippen molar-refractivity contribution in [1.29, 1.82) is 0 Å². The van der Waals surface area contributed by atoms with Crippen LogP contribution in [0, 0.1) is 6.92 Å². The summed E-state index contributed by atoms with van der Waals surface area (Å²) in [6.45, 7) is 9.44. The highest BCUT2D eigenvalue weighted by atomic mass is 32.1. The average molecular weight is 301 g/mol. The van der Waals surface area contributed by atoms with Crippen LogP contribution in [0.15, 0.2) is 36.6 Å². The number of fused-ring (bicyclic) bond motifs is 1. The maximum Gasteiger partial charge on any atom is 0.193 e. The minimum Gasteiger partial charge on any atom is -0.305 e. The molecule has 0 aromatic carbocycles. The Morgan fingerprint density at radius 2 is 2.33 bits per heavy atom. The smallest absolute Gasteiger partial charge is 0.193 e. The number of rotatable bonds is 6. The van der Waals surface area contributed by atoms with Gasteiger partial charge in [0.15, 0.2) is 4.96 Å². The van der Waals surface area contributed by atoms with Crippen molar-refractivity contribution in [3.05, 3.63) is 53.6 Å². The lowest BCUT2D eigenvalue weighted by Crippen LogP contribution is -2.18. The Labute approximate surface area is 127 Å². The molecular formula is C15H19N5S. The van der Waals surface area contributed by atoms with Crippen LogP contribution < -0.4 is 5.32 Å². The molecule has 0 aliphatic heterocycles. The van der Waals surface area contributed by atoms with Crippen molar-refractivity contribution in [3.8, 4) is 0 Å². The Morgan fingerprint density at radius 1 is 1.48 bits per heavy atom. The topological polar surface area (TPSA) is 47.2 Å². The largest absolute Gasteiger partial charge is 0.305 e. The lowest BCUT2D eigenvalue weighted by atomic mass is 10.2. The van der Waals surface area contributed by atoms with Gasteiger partial charge in [0, 0.05) is 42.1 Å². The van der Waals surface area contributed by atoms with E-state index in [9.17, 15) is 0 Å². The van der Waals surface area contributed by atoms with Crippen LogP contribution in [0.25, 0.3) is 4.96 Å². The van der Waals surface area contributed by atoms with Crippen molar-refractivity contribution in [2.45, 2.75) is 33.0 Å². The van der Waals surface area contributed by atoms with E-state index in [-0.39, 0.29) is 6.04 Å². The molecule has 0 unspecified atom stereocenters. The van der Waals surface area contributed by atoms with Gasteiger partial charge in [-0.1, -0.05) is 6.08 Å². The summed E-state index contributed by atoms with van der Waals surface area (Å²) in [6, 6.07) is 0.208. The monoisotopic (exact) mass is 301 g/mol. The number of allylic oxidation sites excluding steroid dienone is 1. The maximum atomic E-state index is 4.63. The molecule has 0 spiro atoms. The maximum absolute atomic E-state index is 4.63. The molecule has 1 atom stereocenters. The van der Waals surface area contributed by atoms with Gasteiger partial charge in [0.25, 0.3) is 0 Å². The van der Waals surface area contributed by atoms with Crippen LogP contribution in [-0.4, -0.2) is 19.2 Å². The van der Waals surface area contributed by atoms with E-state index >= 15 is 0 Å². The molecule has 3 aromatic rings. The second kappa shape index (κ2) is 5.83. The zero-order valence-corrected chi connectivity index (χ0v) is 13.1. The van der Waals surface area contributed by atoms with Gasteiger partial charge in [-0.2, -0.15) is 5.10 Å². The van der Waals surface area contributed by atoms with Crippen LogP contribution in [0.4, 0.5) is 0 Å². The fraction of sp³-hybridized carbons (Fsp3) is 0.333. The number of thiazole rings is 1. The summed E-state index contributed by atoms with van der Waals surface area (Å²) in [5.41, 5.74) is 3.34. The zero-order valence-electron chi connectivity index (χ0n) is 12.3. The highest BCUT2D eigenvalue weighted by Crippen LogP contribution is 2.17. The summed E-state index contributed by atoms with van der Waals surface area (Å²) in [5, 5.41) is 10.0. The molecule has 0 radical (unpaired) electrons. The van der Waals surface area contributed by atoms with Crippen LogP contribution in [-0.2, 0) is 13.1 Å². The van der Waals surface area contributed by atoms with Gasteiger partial charge in [-0.05, 0) is 13.8 Å². The molecule has 0 saturated heterocycles. The Balaban J connectivity index is 1.66. The van der Waals surface area contributed by atoms with Gasteiger partial charge in [0.2, 0.25) is 0 Å². The first-order chi connectivity index (χ1) is 10.2. The Morgan fingerprint density at radius 3 is 3.10 bits per heavy atom. The highest BCUT2D eigenvalue weighted by molar-refractivity contribution is 7.15. The summed E-state index contributed by atoms with van der Waals surface area (Å²) in [6.07, 6.45) is 8.04. The molecule has 3 heterocycles. The van der Waals surface area contributed by atoms with Crippen molar-refractivity contribution in [3.63, 3.8) is 0 Å². The number of aromatic nitrogens is 4. The Kier molecular flexibility index (Phi) is 3.90. The molecule has 3 aromatic heterocycles. The molecular weight excluding hydrogens is 282 g/mol. The predicted octanol–water partition coefficient (Wildman–Crippen LogP) is 2.94. The summed E-state index contributed by atoms with van der Waals surface area (Å²) < 4.78 is 3.97. The van der Waals surface area contributed by atoms with E-state index in [0.717, 1.165) is 29.4 Å². The fourth-order valence-electron chi connectivity index (χ4n) is 2.28. The molecule has 21 heavy (non-hydrogen) atoms. The third-order valence-corrected chi connectivity index (χ3v) is 4.29. The van der Waals surface area contributed by atoms with Gasteiger partial charge in [-0.25, -0.2) is 4.98 Å². The van der Waals surface area contributed by atoms with E-state index in [2.05, 4.69) is 45.7 Å². The summed E-state index contributed by atoms with van der Waals surface area (Å²) >= 11 is 1.65. The summed E-state index contributed by atoms with van der Waals surface area (Å²) in [7, 11) is 0. The second-order valence-electron chi connectivity index (χ2n) is 5.11. The Bertz CT molecular complexity index is 723. The van der Waals surface area contributed by atoms with Crippen molar-refractivity contribution in [2.24, 2.45) is 0 Å². The first-order valence-electron chi connectivity index (χ1n) is 6.96. The third-order valence-electron chi connectivity index (χ3n) is 3.52. The van der Waals surface area contributed by atoms with Crippen molar-refractivity contribution in [1.82, 2.24) is 24.5 Å². The summed E-state index contributed by atoms with van der Waals surface area (Å²) in [5.74, 6) is 0. The Hall–Kier alpha value is -1.92. The highest BCUT2D eigenvalue weighted by Gasteiger charge is 2.12. The lowest BCUT2D eigenvalue weighted by Gasteiger charge is -2.10. The number of nitrogens with zero attached hydrogens (tertiary/aromatic N) is 4. The number of aryl methyl sites for hydroxylation is 1. The van der Waals surface area contributed by atoms with Crippen molar-refractivity contribution < 1.29 is 0 Å². The van der Waals surface area contributed by atoms with Gasteiger partial charge in [0.1, 0.15) is 0 Å². The van der Waals surface area contributed by atoms with E-state index in [1.54, 1.807) is 11.3 Å². The van der Waals surface area contributed by atoms with E-state index in [0.29, 0.717) is 0 Å². The van der Waals surface area contributed by atoms with Crippen LogP contribution in [0.2, 0.25) is 0 Å². The minimum absolute atomic E-state index is 0.208. The van der Waals surface area contributed by atoms with E-state index < -0.39 is 0 Å². The minimum atomic E-state index is 0.208. The van der Waals surface area contributed by atoms with E-state index in [4.69, 9.17) is 0 Å². The van der Waals surface area contributed by atoms with Crippen LogP contribution >= 0.6 is 11.3 Å². The number of hydrogen-bond acceptors (Lipinski definition) is 4. The molecule has 110 valence electrons. The molecule has 0 saturated carbocycles. The van der Waals surface area contributed by atoms with Gasteiger partial charge in [0.05, 0.1) is 17.9 Å². The molecule has 0 aliphatic rings. The van der Waals surface area contributed by atoms with E-state index in [1.165, 1.54) is 5.56 Å². The summed E-state index contributed by atoms with van der Waals surface area (Å²) in [4.78, 5) is 5.66. The number of imidazole rings is 1. The zero-order chi connectivity index (χ0) is 14.8. The van der Waals surface area contributed by atoms with E-state index in [1.807, 2.05) is 29.3 Å². The van der Waals surface area contributed by atoms with Crippen molar-refractivity contribution in [2.75, 3.05) is 0 Å². The molecule has 6 heteroatoms. The molecule has 1 N–H and O–H groups in total. The standard InChI is InChI=1S/C15H19N5S/c1-4-5-20-9-13(11(2)18-20)8-16-12(3)14-10-19-6-7-21-15(19)17-14/h4,6-7,9-10,12,16H,1,5,8H2,2-3H3/t12-/m1/s1. The molecule has 0 amide bonds. The lowest BCUT2D eigenvalue weighted by molar-refractivity contribution is 0.562. The third kappa shape index (κ3) is 2.91. The average Bonchev–Trinajstić information content (AvgIpc) is 3.11. The van der Waals surface area contributed by atoms with Gasteiger partial charge >= 0.3 is 0 Å². The fourth-order valence-corrected chi connectivity index (χ4v) is 2.99. The number of hydrogen-bond donors (Lipinski definition) is 1. The predicted molar refractivity (Wildman–Crippen MR) is 85.5 cm³/mol. The van der Waals surface area contributed by atoms with Crippen LogP contribution in [0.5, 0.6) is 0 Å². The normalized spacial score (nSPS) is 12.9. The van der Waals surface area contributed by atoms with Gasteiger partial charge in [-0.15, -0.1) is 17.9 Å². The van der Waals surface area contributed by atoms with Crippen LogP contribution in [0.1, 0.15) is 29.9 Å². The van der Waals surface area contributed by atoms with Gasteiger partial charge < -0.3 is 5.32 Å². The molecule has 5 nitrogen and oxygen atoms in total. The number of nitrogens with one attached hydrogen (secondary N) is 1. The van der Waals surface area contributed by atoms with Crippen LogP contribution in [0.3, 0.4) is 0 Å². The molecule has 0 bridgehead atoms. The molecule has 0 aliphatic carbocycles. The first-order valence-corrected chi connectivity index (χ1v) is 7.84. The molecule has 0 fully saturated rings. The van der Waals surface area contributed by atoms with Gasteiger partial charge in [-0.3, -0.25) is 9.08 Å². The quantitative estimate of drug-likeness (QED) is 0.712. The first kappa shape index (κ1) is 14.0. The SMILES string of the molecule is C=CCn1cc(CN[C@H](C)c2cn3ccsc3n2)c(C)n1. The second-order valence-corrected chi connectivity index (χ2v) is 5.98.